The molecule has 0 N–H and O–H groups in total. The summed E-state index contributed by atoms with van der Waals surface area (Å²) >= 11 is 5.75. The Morgan fingerprint density at radius 3 is 2.71 bits per heavy atom. The normalized spacial score (nSPS) is 10.1. The van der Waals surface area contributed by atoms with E-state index in [0.717, 1.165) is 16.8 Å². The van der Waals surface area contributed by atoms with Crippen molar-refractivity contribution >= 4 is 11.6 Å². The molecule has 0 saturated heterocycles. The Labute approximate surface area is 86.8 Å². The van der Waals surface area contributed by atoms with E-state index in [1.54, 1.807) is 18.6 Å². The van der Waals surface area contributed by atoms with Crippen LogP contribution in [0.25, 0.3) is 11.3 Å². The lowest BCUT2D eigenvalue weighted by atomic mass is 10.1. The number of rotatable bonds is 1. The van der Waals surface area contributed by atoms with Crippen molar-refractivity contribution in [3.05, 3.63) is 41.6 Å². The van der Waals surface area contributed by atoms with Crippen molar-refractivity contribution in [2.75, 3.05) is 0 Å². The van der Waals surface area contributed by atoms with Gasteiger partial charge in [-0.2, -0.15) is 0 Å². The molecule has 0 aliphatic rings. The van der Waals surface area contributed by atoms with Crippen molar-refractivity contribution in [1.29, 1.82) is 0 Å². The summed E-state index contributed by atoms with van der Waals surface area (Å²) in [6.45, 7) is 2.00. The Morgan fingerprint density at radius 2 is 2.00 bits per heavy atom. The predicted molar refractivity (Wildman–Crippen MR) is 55.0 cm³/mol. The van der Waals surface area contributed by atoms with Crippen molar-refractivity contribution in [3.8, 4) is 11.3 Å². The zero-order valence-electron chi connectivity index (χ0n) is 7.61. The second-order valence-corrected chi connectivity index (χ2v) is 3.30. The zero-order valence-corrected chi connectivity index (χ0v) is 8.36. The molecule has 0 aromatic carbocycles. The lowest BCUT2D eigenvalue weighted by Crippen LogP contribution is -1.89. The van der Waals surface area contributed by atoms with Crippen LogP contribution in [0.2, 0.25) is 5.15 Å². The molecule has 2 rings (SSSR count). The van der Waals surface area contributed by atoms with Crippen molar-refractivity contribution in [1.82, 2.24) is 15.0 Å². The van der Waals surface area contributed by atoms with Crippen LogP contribution >= 0.6 is 11.6 Å². The fourth-order valence-electron chi connectivity index (χ4n) is 1.20. The molecule has 0 bridgehead atoms. The summed E-state index contributed by atoms with van der Waals surface area (Å²) in [6, 6.07) is 1.93. The van der Waals surface area contributed by atoms with E-state index in [1.165, 1.54) is 6.20 Å². The van der Waals surface area contributed by atoms with Crippen molar-refractivity contribution < 1.29 is 0 Å². The van der Waals surface area contributed by atoms with E-state index in [1.807, 2.05) is 13.0 Å². The summed E-state index contributed by atoms with van der Waals surface area (Å²) in [5.41, 5.74) is 2.82. The Balaban J connectivity index is 2.55. The Morgan fingerprint density at radius 1 is 1.14 bits per heavy atom. The molecule has 0 aliphatic heterocycles. The minimum absolute atomic E-state index is 0.394. The molecule has 0 unspecified atom stereocenters. The second kappa shape index (κ2) is 3.72. The van der Waals surface area contributed by atoms with Crippen LogP contribution in [0.5, 0.6) is 0 Å². The summed E-state index contributed by atoms with van der Waals surface area (Å²) in [5, 5.41) is 0.394. The minimum Gasteiger partial charge on any atom is -0.264 e. The first-order chi connectivity index (χ1) is 6.77. The Kier molecular flexibility index (Phi) is 2.41. The van der Waals surface area contributed by atoms with Gasteiger partial charge in [-0.15, -0.1) is 0 Å². The summed E-state index contributed by atoms with van der Waals surface area (Å²) in [7, 11) is 0. The highest BCUT2D eigenvalue weighted by Crippen LogP contribution is 2.19. The van der Waals surface area contributed by atoms with E-state index in [2.05, 4.69) is 15.0 Å². The van der Waals surface area contributed by atoms with Gasteiger partial charge in [0.2, 0.25) is 0 Å². The minimum atomic E-state index is 0.394. The number of hydrogen-bond donors (Lipinski definition) is 0. The highest BCUT2D eigenvalue weighted by Gasteiger charge is 2.03. The quantitative estimate of drug-likeness (QED) is 0.718. The number of aryl methyl sites for hydroxylation is 1. The van der Waals surface area contributed by atoms with Crippen LogP contribution in [0.3, 0.4) is 0 Å². The van der Waals surface area contributed by atoms with Gasteiger partial charge in [0.1, 0.15) is 5.15 Å². The first-order valence-corrected chi connectivity index (χ1v) is 4.53. The second-order valence-electron chi connectivity index (χ2n) is 2.92. The van der Waals surface area contributed by atoms with E-state index in [9.17, 15) is 0 Å². The average Bonchev–Trinajstić information content (AvgIpc) is 2.18. The largest absolute Gasteiger partial charge is 0.264 e. The molecule has 2 heterocycles. The standard InChI is InChI=1S/C10H8ClN3/c1-7-2-3-12-4-8(7)9-5-13-6-10(11)14-9/h2-6H,1H3. The first kappa shape index (κ1) is 9.09. The molecular weight excluding hydrogens is 198 g/mol. The summed E-state index contributed by atoms with van der Waals surface area (Å²) in [6.07, 6.45) is 6.69. The molecule has 3 nitrogen and oxygen atoms in total. The van der Waals surface area contributed by atoms with Crippen LogP contribution in [0.4, 0.5) is 0 Å². The van der Waals surface area contributed by atoms with Gasteiger partial charge in [0, 0.05) is 18.0 Å². The van der Waals surface area contributed by atoms with Crippen molar-refractivity contribution in [2.24, 2.45) is 0 Å². The smallest absolute Gasteiger partial charge is 0.148 e. The number of halogens is 1. The molecule has 14 heavy (non-hydrogen) atoms. The molecule has 0 atom stereocenters. The SMILES string of the molecule is Cc1ccncc1-c1cncc(Cl)n1. The molecule has 0 amide bonds. The van der Waals surface area contributed by atoms with Gasteiger partial charge in [0.25, 0.3) is 0 Å². The zero-order chi connectivity index (χ0) is 9.97. The molecule has 0 saturated carbocycles. The van der Waals surface area contributed by atoms with Gasteiger partial charge < -0.3 is 0 Å². The molecule has 0 spiro atoms. The van der Waals surface area contributed by atoms with Crippen LogP contribution in [0.15, 0.2) is 30.9 Å². The fourth-order valence-corrected chi connectivity index (χ4v) is 1.35. The maximum Gasteiger partial charge on any atom is 0.148 e. The molecule has 2 aromatic heterocycles. The van der Waals surface area contributed by atoms with Crippen LogP contribution in [0.1, 0.15) is 5.56 Å². The summed E-state index contributed by atoms with van der Waals surface area (Å²) < 4.78 is 0. The molecule has 4 heteroatoms. The summed E-state index contributed by atoms with van der Waals surface area (Å²) in [5.74, 6) is 0. The van der Waals surface area contributed by atoms with Crippen LogP contribution < -0.4 is 0 Å². The molecular formula is C10H8ClN3. The van der Waals surface area contributed by atoms with Gasteiger partial charge in [-0.25, -0.2) is 4.98 Å². The Hall–Kier alpha value is -1.48. The fraction of sp³-hybridized carbons (Fsp3) is 0.100. The number of aromatic nitrogens is 3. The molecule has 70 valence electrons. The third-order valence-electron chi connectivity index (χ3n) is 1.92. The van der Waals surface area contributed by atoms with Gasteiger partial charge in [-0.3, -0.25) is 9.97 Å². The van der Waals surface area contributed by atoms with Gasteiger partial charge in [0.15, 0.2) is 0 Å². The van der Waals surface area contributed by atoms with E-state index in [4.69, 9.17) is 11.6 Å². The van der Waals surface area contributed by atoms with Crippen molar-refractivity contribution in [2.45, 2.75) is 6.92 Å². The van der Waals surface area contributed by atoms with Gasteiger partial charge in [0.05, 0.1) is 18.1 Å². The lowest BCUT2D eigenvalue weighted by molar-refractivity contribution is 1.18. The Bertz CT molecular complexity index is 457. The van der Waals surface area contributed by atoms with E-state index in [-0.39, 0.29) is 0 Å². The lowest BCUT2D eigenvalue weighted by Gasteiger charge is -2.02. The highest BCUT2D eigenvalue weighted by atomic mass is 35.5. The van der Waals surface area contributed by atoms with Gasteiger partial charge >= 0.3 is 0 Å². The van der Waals surface area contributed by atoms with E-state index >= 15 is 0 Å². The van der Waals surface area contributed by atoms with Gasteiger partial charge in [-0.05, 0) is 18.6 Å². The third-order valence-corrected chi connectivity index (χ3v) is 2.10. The van der Waals surface area contributed by atoms with E-state index in [0.29, 0.717) is 5.15 Å². The molecule has 0 radical (unpaired) electrons. The monoisotopic (exact) mass is 205 g/mol. The summed E-state index contributed by atoms with van der Waals surface area (Å²) in [4.78, 5) is 12.2. The van der Waals surface area contributed by atoms with Gasteiger partial charge in [-0.1, -0.05) is 11.6 Å². The third kappa shape index (κ3) is 1.72. The topological polar surface area (TPSA) is 38.7 Å². The van der Waals surface area contributed by atoms with Crippen LogP contribution in [-0.2, 0) is 0 Å². The number of hydrogen-bond acceptors (Lipinski definition) is 3. The van der Waals surface area contributed by atoms with Crippen molar-refractivity contribution in [3.63, 3.8) is 0 Å². The van der Waals surface area contributed by atoms with Crippen LogP contribution in [-0.4, -0.2) is 15.0 Å². The highest BCUT2D eigenvalue weighted by molar-refractivity contribution is 6.29. The maximum atomic E-state index is 5.75. The molecule has 0 aliphatic carbocycles. The maximum absolute atomic E-state index is 5.75. The van der Waals surface area contributed by atoms with E-state index < -0.39 is 0 Å². The average molecular weight is 206 g/mol. The molecule has 2 aromatic rings. The number of pyridine rings is 1. The first-order valence-electron chi connectivity index (χ1n) is 4.16. The van der Waals surface area contributed by atoms with Crippen LogP contribution in [0, 0.1) is 6.92 Å². The molecule has 0 fully saturated rings. The predicted octanol–water partition coefficient (Wildman–Crippen LogP) is 2.50. The number of nitrogens with zero attached hydrogens (tertiary/aromatic N) is 3.